The molecule has 0 radical (unpaired) electrons. The van der Waals surface area contributed by atoms with Gasteiger partial charge in [-0.3, -0.25) is 4.90 Å². The third-order valence-corrected chi connectivity index (χ3v) is 4.51. The molecule has 2 heterocycles. The van der Waals surface area contributed by atoms with Crippen LogP contribution in [0.1, 0.15) is 33.6 Å². The zero-order chi connectivity index (χ0) is 14.9. The quantitative estimate of drug-likeness (QED) is 0.908. The Kier molecular flexibility index (Phi) is 3.89. The lowest BCUT2D eigenvalue weighted by atomic mass is 9.93. The molecule has 0 amide bonds. The normalized spacial score (nSPS) is 18.2. The van der Waals surface area contributed by atoms with Crippen molar-refractivity contribution in [3.63, 3.8) is 0 Å². The van der Waals surface area contributed by atoms with Crippen LogP contribution in [0.3, 0.4) is 0 Å². The number of fused-ring (bicyclic) bond motifs is 1. The number of para-hydroxylation sites is 2. The molecule has 2 aromatic rings. The van der Waals surface area contributed by atoms with Crippen molar-refractivity contribution in [3.8, 4) is 0 Å². The number of anilines is 1. The van der Waals surface area contributed by atoms with E-state index in [1.54, 1.807) is 0 Å². The number of rotatable bonds is 3. The van der Waals surface area contributed by atoms with Crippen molar-refractivity contribution in [2.45, 2.75) is 39.2 Å². The van der Waals surface area contributed by atoms with E-state index in [1.807, 2.05) is 18.2 Å². The molecule has 21 heavy (non-hydrogen) atoms. The molecule has 1 aromatic carbocycles. The smallest absolute Gasteiger partial charge is 0.201 e. The van der Waals surface area contributed by atoms with Gasteiger partial charge in [-0.05, 0) is 64.8 Å². The van der Waals surface area contributed by atoms with Gasteiger partial charge in [0.2, 0.25) is 5.95 Å². The van der Waals surface area contributed by atoms with Gasteiger partial charge < -0.3 is 10.3 Å². The molecule has 0 saturated carbocycles. The number of nitrogens with one attached hydrogen (secondary N) is 2. The molecule has 3 rings (SSSR count). The Morgan fingerprint density at radius 2 is 1.95 bits per heavy atom. The summed E-state index contributed by atoms with van der Waals surface area (Å²) in [6.45, 7) is 10.3. The number of hydrogen-bond acceptors (Lipinski definition) is 3. The van der Waals surface area contributed by atoms with Gasteiger partial charge in [0.15, 0.2) is 0 Å². The zero-order valence-corrected chi connectivity index (χ0v) is 13.3. The molecule has 0 spiro atoms. The number of H-pyrrole nitrogens is 1. The van der Waals surface area contributed by atoms with Crippen molar-refractivity contribution in [2.75, 3.05) is 25.0 Å². The van der Waals surface area contributed by atoms with E-state index in [1.165, 1.54) is 25.9 Å². The highest BCUT2D eigenvalue weighted by molar-refractivity contribution is 5.77. The van der Waals surface area contributed by atoms with E-state index < -0.39 is 0 Å². The van der Waals surface area contributed by atoms with E-state index in [9.17, 15) is 0 Å². The number of aromatic amines is 1. The van der Waals surface area contributed by atoms with Gasteiger partial charge in [-0.15, -0.1) is 0 Å². The Morgan fingerprint density at radius 1 is 1.24 bits per heavy atom. The molecule has 2 N–H and O–H groups in total. The molecule has 1 aliphatic heterocycles. The van der Waals surface area contributed by atoms with E-state index in [0.29, 0.717) is 5.54 Å². The van der Waals surface area contributed by atoms with Crippen molar-refractivity contribution in [2.24, 2.45) is 5.92 Å². The summed E-state index contributed by atoms with van der Waals surface area (Å²) >= 11 is 0. The minimum atomic E-state index is 0.303. The molecule has 1 aliphatic rings. The Labute approximate surface area is 126 Å². The van der Waals surface area contributed by atoms with E-state index in [2.05, 4.69) is 47.0 Å². The highest BCUT2D eigenvalue weighted by atomic mass is 15.2. The number of benzene rings is 1. The minimum absolute atomic E-state index is 0.303. The third-order valence-electron chi connectivity index (χ3n) is 4.51. The Hall–Kier alpha value is -1.55. The van der Waals surface area contributed by atoms with Crippen LogP contribution < -0.4 is 5.32 Å². The van der Waals surface area contributed by atoms with Gasteiger partial charge in [-0.1, -0.05) is 12.1 Å². The summed E-state index contributed by atoms with van der Waals surface area (Å²) in [5, 5.41) is 3.47. The van der Waals surface area contributed by atoms with Crippen LogP contribution in [0.5, 0.6) is 0 Å². The summed E-state index contributed by atoms with van der Waals surface area (Å²) in [7, 11) is 0. The van der Waals surface area contributed by atoms with Gasteiger partial charge in [0.05, 0.1) is 11.0 Å². The number of imidazole rings is 1. The SMILES string of the molecule is CC(C)(C)N1CCC(CNc2nc3ccccc3[nH]2)CC1. The standard InChI is InChI=1S/C17H26N4/c1-17(2,3)21-10-8-13(9-11-21)12-18-16-19-14-6-4-5-7-15(14)20-16/h4-7,13H,8-12H2,1-3H3,(H2,18,19,20). The molecule has 1 saturated heterocycles. The molecular weight excluding hydrogens is 260 g/mol. The Balaban J connectivity index is 1.52. The predicted octanol–water partition coefficient (Wildman–Crippen LogP) is 3.49. The molecule has 1 aromatic heterocycles. The third kappa shape index (κ3) is 3.38. The lowest BCUT2D eigenvalue weighted by Gasteiger charge is -2.40. The van der Waals surface area contributed by atoms with Crippen LogP contribution in [-0.4, -0.2) is 40.0 Å². The highest BCUT2D eigenvalue weighted by Gasteiger charge is 2.26. The van der Waals surface area contributed by atoms with Crippen LogP contribution in [0.2, 0.25) is 0 Å². The summed E-state index contributed by atoms with van der Waals surface area (Å²) in [4.78, 5) is 10.5. The van der Waals surface area contributed by atoms with Crippen molar-refractivity contribution in [3.05, 3.63) is 24.3 Å². The molecule has 4 heteroatoms. The van der Waals surface area contributed by atoms with Crippen molar-refractivity contribution in [1.82, 2.24) is 14.9 Å². The second kappa shape index (κ2) is 5.68. The van der Waals surface area contributed by atoms with Crippen LogP contribution in [0.25, 0.3) is 11.0 Å². The summed E-state index contributed by atoms with van der Waals surface area (Å²) < 4.78 is 0. The number of aromatic nitrogens is 2. The predicted molar refractivity (Wildman–Crippen MR) is 88.6 cm³/mol. The first-order chi connectivity index (χ1) is 10.0. The molecule has 114 valence electrons. The molecule has 0 bridgehead atoms. The number of nitrogens with zero attached hydrogens (tertiary/aromatic N) is 2. The van der Waals surface area contributed by atoms with E-state index >= 15 is 0 Å². The molecule has 0 aliphatic carbocycles. The minimum Gasteiger partial charge on any atom is -0.356 e. The molecule has 4 nitrogen and oxygen atoms in total. The average molecular weight is 286 g/mol. The van der Waals surface area contributed by atoms with Crippen LogP contribution in [0.4, 0.5) is 5.95 Å². The monoisotopic (exact) mass is 286 g/mol. The van der Waals surface area contributed by atoms with Crippen LogP contribution >= 0.6 is 0 Å². The van der Waals surface area contributed by atoms with Gasteiger partial charge in [-0.25, -0.2) is 4.98 Å². The Morgan fingerprint density at radius 3 is 2.62 bits per heavy atom. The number of likely N-dealkylation sites (tertiary alicyclic amines) is 1. The summed E-state index contributed by atoms with van der Waals surface area (Å²) in [6, 6.07) is 8.16. The summed E-state index contributed by atoms with van der Waals surface area (Å²) in [6.07, 6.45) is 2.54. The van der Waals surface area contributed by atoms with Crippen molar-refractivity contribution < 1.29 is 0 Å². The van der Waals surface area contributed by atoms with Crippen molar-refractivity contribution in [1.29, 1.82) is 0 Å². The lowest BCUT2D eigenvalue weighted by Crippen LogP contribution is -2.46. The first-order valence-corrected chi connectivity index (χ1v) is 7.96. The van der Waals surface area contributed by atoms with Gasteiger partial charge >= 0.3 is 0 Å². The lowest BCUT2D eigenvalue weighted by molar-refractivity contribution is 0.0903. The van der Waals surface area contributed by atoms with Gasteiger partial charge in [0.1, 0.15) is 0 Å². The number of hydrogen-bond donors (Lipinski definition) is 2. The second-order valence-electron chi connectivity index (χ2n) is 7.08. The maximum Gasteiger partial charge on any atom is 0.201 e. The fourth-order valence-electron chi connectivity index (χ4n) is 3.09. The summed E-state index contributed by atoms with van der Waals surface area (Å²) in [5.74, 6) is 1.64. The van der Waals surface area contributed by atoms with Crippen LogP contribution in [-0.2, 0) is 0 Å². The highest BCUT2D eigenvalue weighted by Crippen LogP contribution is 2.24. The van der Waals surface area contributed by atoms with Gasteiger partial charge in [-0.2, -0.15) is 0 Å². The summed E-state index contributed by atoms with van der Waals surface area (Å²) in [5.41, 5.74) is 2.43. The van der Waals surface area contributed by atoms with Crippen LogP contribution in [0.15, 0.2) is 24.3 Å². The molecule has 1 fully saturated rings. The van der Waals surface area contributed by atoms with E-state index in [4.69, 9.17) is 0 Å². The van der Waals surface area contributed by atoms with E-state index in [-0.39, 0.29) is 0 Å². The molecule has 0 unspecified atom stereocenters. The molecule has 0 atom stereocenters. The average Bonchev–Trinajstić information content (AvgIpc) is 2.87. The maximum absolute atomic E-state index is 4.57. The largest absolute Gasteiger partial charge is 0.356 e. The topological polar surface area (TPSA) is 44.0 Å². The van der Waals surface area contributed by atoms with E-state index in [0.717, 1.165) is 29.4 Å². The van der Waals surface area contributed by atoms with Crippen LogP contribution in [0, 0.1) is 5.92 Å². The maximum atomic E-state index is 4.57. The fraction of sp³-hybridized carbons (Fsp3) is 0.588. The first-order valence-electron chi connectivity index (χ1n) is 7.96. The van der Waals surface area contributed by atoms with Crippen molar-refractivity contribution >= 4 is 17.0 Å². The fourth-order valence-corrected chi connectivity index (χ4v) is 3.09. The van der Waals surface area contributed by atoms with Gasteiger partial charge in [0, 0.05) is 12.1 Å². The van der Waals surface area contributed by atoms with Gasteiger partial charge in [0.25, 0.3) is 0 Å². The first kappa shape index (κ1) is 14.4. The number of piperidine rings is 1. The zero-order valence-electron chi connectivity index (χ0n) is 13.3. The second-order valence-corrected chi connectivity index (χ2v) is 7.08. The molecular formula is C17H26N4. The Bertz CT molecular complexity index is 555.